The highest BCUT2D eigenvalue weighted by atomic mass is 16.3. The van der Waals surface area contributed by atoms with Gasteiger partial charge in [-0.1, -0.05) is 18.6 Å². The van der Waals surface area contributed by atoms with Gasteiger partial charge in [0.25, 0.3) is 5.91 Å². The van der Waals surface area contributed by atoms with Crippen molar-refractivity contribution in [2.24, 2.45) is 0 Å². The van der Waals surface area contributed by atoms with E-state index in [9.17, 15) is 14.4 Å². The van der Waals surface area contributed by atoms with Crippen LogP contribution in [-0.4, -0.2) is 35.7 Å². The van der Waals surface area contributed by atoms with Crippen molar-refractivity contribution in [1.82, 2.24) is 10.2 Å². The Bertz CT molecular complexity index is 1190. The zero-order valence-corrected chi connectivity index (χ0v) is 18.4. The van der Waals surface area contributed by atoms with Crippen molar-refractivity contribution < 1.29 is 18.8 Å². The third-order valence-corrected chi connectivity index (χ3v) is 6.55. The van der Waals surface area contributed by atoms with Crippen molar-refractivity contribution >= 4 is 34.4 Å². The number of piperidine rings is 2. The SMILES string of the molecule is O=C1CCC(c2coc3ccc(NC(=O)c4ccc(CN5CCCCC5)cc4)cc23)C(=O)N1. The summed E-state index contributed by atoms with van der Waals surface area (Å²) in [6, 6.07) is 13.1. The van der Waals surface area contributed by atoms with E-state index >= 15 is 0 Å². The zero-order valence-electron chi connectivity index (χ0n) is 18.4. The van der Waals surface area contributed by atoms with Crippen molar-refractivity contribution in [1.29, 1.82) is 0 Å². The highest BCUT2D eigenvalue weighted by molar-refractivity contribution is 6.06. The van der Waals surface area contributed by atoms with Gasteiger partial charge in [0, 0.05) is 35.2 Å². The third kappa shape index (κ3) is 4.68. The molecule has 0 bridgehead atoms. The molecule has 0 saturated carbocycles. The molecule has 0 spiro atoms. The maximum absolute atomic E-state index is 12.8. The van der Waals surface area contributed by atoms with Crippen LogP contribution in [-0.2, 0) is 16.1 Å². The molecule has 2 aliphatic rings. The number of carbonyl (C=O) groups excluding carboxylic acids is 3. The van der Waals surface area contributed by atoms with Gasteiger partial charge in [0.15, 0.2) is 0 Å². The smallest absolute Gasteiger partial charge is 0.255 e. The molecule has 1 atom stereocenters. The van der Waals surface area contributed by atoms with Crippen LogP contribution in [0.15, 0.2) is 53.1 Å². The summed E-state index contributed by atoms with van der Waals surface area (Å²) in [7, 11) is 0. The van der Waals surface area contributed by atoms with Crippen LogP contribution in [0, 0.1) is 0 Å². The first kappa shape index (κ1) is 21.4. The summed E-state index contributed by atoms with van der Waals surface area (Å²) >= 11 is 0. The van der Waals surface area contributed by atoms with E-state index in [0.29, 0.717) is 29.7 Å². The Morgan fingerprint density at radius 1 is 1.06 bits per heavy atom. The lowest BCUT2D eigenvalue weighted by Gasteiger charge is -2.26. The fourth-order valence-corrected chi connectivity index (χ4v) is 4.73. The third-order valence-electron chi connectivity index (χ3n) is 6.55. The van der Waals surface area contributed by atoms with Crippen LogP contribution < -0.4 is 10.6 Å². The van der Waals surface area contributed by atoms with Crippen molar-refractivity contribution in [3.63, 3.8) is 0 Å². The molecule has 2 N–H and O–H groups in total. The van der Waals surface area contributed by atoms with E-state index in [1.165, 1.54) is 24.8 Å². The molecule has 2 aliphatic heterocycles. The molecule has 3 amide bonds. The molecule has 170 valence electrons. The summed E-state index contributed by atoms with van der Waals surface area (Å²) < 4.78 is 5.62. The minimum Gasteiger partial charge on any atom is -0.464 e. The van der Waals surface area contributed by atoms with Gasteiger partial charge in [0.2, 0.25) is 11.8 Å². The van der Waals surface area contributed by atoms with Crippen LogP contribution in [0.1, 0.15) is 59.5 Å². The topological polar surface area (TPSA) is 91.7 Å². The molecular weight excluding hydrogens is 418 g/mol. The van der Waals surface area contributed by atoms with Gasteiger partial charge < -0.3 is 9.73 Å². The molecule has 5 rings (SSSR count). The molecule has 2 saturated heterocycles. The Balaban J connectivity index is 1.29. The van der Waals surface area contributed by atoms with E-state index in [1.807, 2.05) is 30.3 Å². The minimum atomic E-state index is -0.442. The number of furan rings is 1. The number of nitrogens with zero attached hydrogens (tertiary/aromatic N) is 1. The molecular formula is C26H27N3O4. The highest BCUT2D eigenvalue weighted by Crippen LogP contribution is 2.34. The maximum atomic E-state index is 12.8. The van der Waals surface area contributed by atoms with Crippen molar-refractivity contribution in [3.05, 3.63) is 65.4 Å². The van der Waals surface area contributed by atoms with E-state index in [4.69, 9.17) is 4.42 Å². The lowest BCUT2D eigenvalue weighted by atomic mass is 9.90. The number of likely N-dealkylation sites (tertiary alicyclic amines) is 1. The first-order chi connectivity index (χ1) is 16.1. The molecule has 2 fully saturated rings. The first-order valence-electron chi connectivity index (χ1n) is 11.5. The van der Waals surface area contributed by atoms with Gasteiger partial charge in [-0.15, -0.1) is 0 Å². The van der Waals surface area contributed by atoms with Gasteiger partial charge in [0.05, 0.1) is 12.2 Å². The van der Waals surface area contributed by atoms with Crippen molar-refractivity contribution in [2.45, 2.75) is 44.6 Å². The number of anilines is 1. The van der Waals surface area contributed by atoms with Crippen LogP contribution in [0.5, 0.6) is 0 Å². The largest absolute Gasteiger partial charge is 0.464 e. The molecule has 3 aromatic rings. The average molecular weight is 446 g/mol. The second kappa shape index (κ2) is 9.19. The number of rotatable bonds is 5. The monoisotopic (exact) mass is 445 g/mol. The molecule has 0 aliphatic carbocycles. The second-order valence-electron chi connectivity index (χ2n) is 8.89. The van der Waals surface area contributed by atoms with Crippen LogP contribution in [0.25, 0.3) is 11.0 Å². The molecule has 1 aromatic heterocycles. The second-order valence-corrected chi connectivity index (χ2v) is 8.89. The van der Waals surface area contributed by atoms with Crippen molar-refractivity contribution in [2.75, 3.05) is 18.4 Å². The molecule has 1 unspecified atom stereocenters. The lowest BCUT2D eigenvalue weighted by Crippen LogP contribution is -2.39. The first-order valence-corrected chi connectivity index (χ1v) is 11.5. The van der Waals surface area contributed by atoms with Gasteiger partial charge in [-0.2, -0.15) is 0 Å². The van der Waals surface area contributed by atoms with Crippen LogP contribution >= 0.6 is 0 Å². The van der Waals surface area contributed by atoms with Crippen LogP contribution in [0.2, 0.25) is 0 Å². The quantitative estimate of drug-likeness (QED) is 0.575. The number of amides is 3. The Hall–Kier alpha value is -3.45. The zero-order chi connectivity index (χ0) is 22.8. The molecule has 3 heterocycles. The number of nitrogens with one attached hydrogen (secondary N) is 2. The van der Waals surface area contributed by atoms with E-state index in [1.54, 1.807) is 18.4 Å². The average Bonchev–Trinajstić information content (AvgIpc) is 3.23. The normalized spacial score (nSPS) is 19.5. The number of carbonyl (C=O) groups is 3. The van der Waals surface area contributed by atoms with E-state index < -0.39 is 5.92 Å². The number of hydrogen-bond acceptors (Lipinski definition) is 5. The van der Waals surface area contributed by atoms with Gasteiger partial charge >= 0.3 is 0 Å². The van der Waals surface area contributed by atoms with Gasteiger partial charge in [-0.3, -0.25) is 24.6 Å². The molecule has 2 aromatic carbocycles. The Morgan fingerprint density at radius 3 is 2.61 bits per heavy atom. The molecule has 7 heteroatoms. The summed E-state index contributed by atoms with van der Waals surface area (Å²) in [4.78, 5) is 39.1. The summed E-state index contributed by atoms with van der Waals surface area (Å²) in [6.07, 6.45) is 6.14. The van der Waals surface area contributed by atoms with E-state index in [-0.39, 0.29) is 17.7 Å². The van der Waals surface area contributed by atoms with Gasteiger partial charge in [-0.05, 0) is 68.2 Å². The van der Waals surface area contributed by atoms with Crippen molar-refractivity contribution in [3.8, 4) is 0 Å². The summed E-state index contributed by atoms with van der Waals surface area (Å²) in [5, 5.41) is 6.10. The predicted octanol–water partition coefficient (Wildman–Crippen LogP) is 4.19. The van der Waals surface area contributed by atoms with Crippen LogP contribution in [0.4, 0.5) is 5.69 Å². The fourth-order valence-electron chi connectivity index (χ4n) is 4.73. The number of hydrogen-bond donors (Lipinski definition) is 2. The summed E-state index contributed by atoms with van der Waals surface area (Å²) in [6.45, 7) is 3.20. The van der Waals surface area contributed by atoms with Gasteiger partial charge in [-0.25, -0.2) is 0 Å². The molecule has 7 nitrogen and oxygen atoms in total. The summed E-state index contributed by atoms with van der Waals surface area (Å²) in [5.41, 5.74) is 3.79. The highest BCUT2D eigenvalue weighted by Gasteiger charge is 2.30. The molecule has 33 heavy (non-hydrogen) atoms. The van der Waals surface area contributed by atoms with E-state index in [0.717, 1.165) is 30.6 Å². The fraction of sp³-hybridized carbons (Fsp3) is 0.346. The number of imide groups is 1. The Labute approximate surface area is 192 Å². The lowest BCUT2D eigenvalue weighted by molar-refractivity contribution is -0.134. The Kier molecular flexibility index (Phi) is 5.96. The maximum Gasteiger partial charge on any atom is 0.255 e. The minimum absolute atomic E-state index is 0.190. The summed E-state index contributed by atoms with van der Waals surface area (Å²) in [5.74, 6) is -1.20. The number of fused-ring (bicyclic) bond motifs is 1. The predicted molar refractivity (Wildman–Crippen MR) is 125 cm³/mol. The Morgan fingerprint density at radius 2 is 1.85 bits per heavy atom. The van der Waals surface area contributed by atoms with E-state index in [2.05, 4.69) is 15.5 Å². The molecule has 0 radical (unpaired) electrons. The number of benzene rings is 2. The van der Waals surface area contributed by atoms with Gasteiger partial charge in [0.1, 0.15) is 5.58 Å². The standard InChI is InChI=1S/C26H27N3O4/c30-24-11-9-20(26(32)28-24)22-16-33-23-10-8-19(14-21(22)23)27-25(31)18-6-4-17(5-7-18)15-29-12-2-1-3-13-29/h4-8,10,14,16,20H,1-3,9,11-13,15H2,(H,27,31)(H,28,30,32). The van der Waals surface area contributed by atoms with Crippen LogP contribution in [0.3, 0.4) is 0 Å².